The van der Waals surface area contributed by atoms with E-state index in [4.69, 9.17) is 0 Å². The highest BCUT2D eigenvalue weighted by atomic mass is 16.3. The second-order valence-electron chi connectivity index (χ2n) is 3.05. The SMILES string of the molecule is Oc1c[c]ccc1Cc1ccccn1. The molecule has 0 saturated carbocycles. The highest BCUT2D eigenvalue weighted by Gasteiger charge is 2.01. The molecule has 1 aromatic carbocycles. The van der Waals surface area contributed by atoms with Gasteiger partial charge in [-0.3, -0.25) is 4.98 Å². The minimum absolute atomic E-state index is 0.276. The van der Waals surface area contributed by atoms with Crippen LogP contribution in [-0.4, -0.2) is 10.1 Å². The third-order valence-electron chi connectivity index (χ3n) is 2.03. The summed E-state index contributed by atoms with van der Waals surface area (Å²) >= 11 is 0. The fourth-order valence-corrected chi connectivity index (χ4v) is 1.30. The Morgan fingerprint density at radius 1 is 1.29 bits per heavy atom. The Bertz CT molecular complexity index is 412. The zero-order chi connectivity index (χ0) is 9.80. The van der Waals surface area contributed by atoms with E-state index in [-0.39, 0.29) is 5.75 Å². The first-order valence-electron chi connectivity index (χ1n) is 4.44. The number of phenolic OH excluding ortho intramolecular Hbond substituents is 1. The van der Waals surface area contributed by atoms with E-state index in [1.54, 1.807) is 18.3 Å². The normalized spacial score (nSPS) is 10.0. The maximum Gasteiger partial charge on any atom is 0.119 e. The van der Waals surface area contributed by atoms with E-state index < -0.39 is 0 Å². The minimum atomic E-state index is 0.276. The Morgan fingerprint density at radius 3 is 2.93 bits per heavy atom. The van der Waals surface area contributed by atoms with Crippen LogP contribution < -0.4 is 0 Å². The van der Waals surface area contributed by atoms with Gasteiger partial charge in [-0.05, 0) is 29.8 Å². The molecule has 0 aliphatic rings. The molecule has 69 valence electrons. The maximum atomic E-state index is 9.51. The molecule has 1 radical (unpaired) electrons. The minimum Gasteiger partial charge on any atom is -0.508 e. The van der Waals surface area contributed by atoms with Gasteiger partial charge in [-0.25, -0.2) is 0 Å². The van der Waals surface area contributed by atoms with Crippen LogP contribution in [0, 0.1) is 6.07 Å². The average molecular weight is 184 g/mol. The van der Waals surface area contributed by atoms with Crippen LogP contribution >= 0.6 is 0 Å². The van der Waals surface area contributed by atoms with Crippen LogP contribution in [0.2, 0.25) is 0 Å². The molecule has 0 fully saturated rings. The van der Waals surface area contributed by atoms with Crippen LogP contribution in [-0.2, 0) is 6.42 Å². The lowest BCUT2D eigenvalue weighted by Crippen LogP contribution is -1.91. The fourth-order valence-electron chi connectivity index (χ4n) is 1.30. The van der Waals surface area contributed by atoms with Crippen molar-refractivity contribution >= 4 is 0 Å². The molecule has 0 aliphatic heterocycles. The van der Waals surface area contributed by atoms with Crippen LogP contribution in [0.1, 0.15) is 11.3 Å². The molecule has 2 aromatic rings. The molecule has 0 amide bonds. The monoisotopic (exact) mass is 184 g/mol. The second kappa shape index (κ2) is 3.92. The first-order valence-corrected chi connectivity index (χ1v) is 4.44. The zero-order valence-corrected chi connectivity index (χ0v) is 7.64. The summed E-state index contributed by atoms with van der Waals surface area (Å²) in [5, 5.41) is 9.51. The summed E-state index contributed by atoms with van der Waals surface area (Å²) in [7, 11) is 0. The van der Waals surface area contributed by atoms with Crippen LogP contribution in [0.4, 0.5) is 0 Å². The summed E-state index contributed by atoms with van der Waals surface area (Å²) in [6, 6.07) is 13.8. The molecule has 0 bridgehead atoms. The van der Waals surface area contributed by atoms with Gasteiger partial charge in [0.25, 0.3) is 0 Å². The summed E-state index contributed by atoms with van der Waals surface area (Å²) in [4.78, 5) is 4.19. The predicted molar refractivity (Wildman–Crippen MR) is 54.0 cm³/mol. The lowest BCUT2D eigenvalue weighted by Gasteiger charge is -2.02. The zero-order valence-electron chi connectivity index (χ0n) is 7.64. The van der Waals surface area contributed by atoms with E-state index in [0.717, 1.165) is 11.3 Å². The van der Waals surface area contributed by atoms with Crippen molar-refractivity contribution in [3.05, 3.63) is 59.9 Å². The molecular formula is C12H10NO. The van der Waals surface area contributed by atoms with Crippen molar-refractivity contribution in [1.29, 1.82) is 0 Å². The quantitative estimate of drug-likeness (QED) is 0.776. The summed E-state index contributed by atoms with van der Waals surface area (Å²) in [6.45, 7) is 0. The highest BCUT2D eigenvalue weighted by Crippen LogP contribution is 2.17. The van der Waals surface area contributed by atoms with Crippen molar-refractivity contribution < 1.29 is 5.11 Å². The fraction of sp³-hybridized carbons (Fsp3) is 0.0833. The lowest BCUT2D eigenvalue weighted by atomic mass is 10.1. The summed E-state index contributed by atoms with van der Waals surface area (Å²) < 4.78 is 0. The van der Waals surface area contributed by atoms with Crippen molar-refractivity contribution in [2.24, 2.45) is 0 Å². The molecule has 0 spiro atoms. The van der Waals surface area contributed by atoms with Crippen molar-refractivity contribution in [3.63, 3.8) is 0 Å². The summed E-state index contributed by atoms with van der Waals surface area (Å²) in [5.41, 5.74) is 1.83. The molecule has 0 saturated heterocycles. The number of aromatic hydroxyl groups is 1. The molecule has 1 aromatic heterocycles. The van der Waals surface area contributed by atoms with Gasteiger partial charge in [0.1, 0.15) is 5.75 Å². The molecule has 2 heteroatoms. The van der Waals surface area contributed by atoms with Gasteiger partial charge in [-0.1, -0.05) is 18.2 Å². The number of aromatic nitrogens is 1. The van der Waals surface area contributed by atoms with E-state index in [9.17, 15) is 5.11 Å². The van der Waals surface area contributed by atoms with Crippen molar-refractivity contribution in [3.8, 4) is 5.75 Å². The topological polar surface area (TPSA) is 33.1 Å². The van der Waals surface area contributed by atoms with Gasteiger partial charge < -0.3 is 5.11 Å². The number of hydrogen-bond acceptors (Lipinski definition) is 2. The molecule has 1 heterocycles. The average Bonchev–Trinajstić information content (AvgIpc) is 2.23. The highest BCUT2D eigenvalue weighted by molar-refractivity contribution is 5.34. The van der Waals surface area contributed by atoms with Crippen LogP contribution in [0.5, 0.6) is 5.75 Å². The van der Waals surface area contributed by atoms with Crippen LogP contribution in [0.15, 0.2) is 42.6 Å². The van der Waals surface area contributed by atoms with Crippen molar-refractivity contribution in [2.45, 2.75) is 6.42 Å². The van der Waals surface area contributed by atoms with Gasteiger partial charge in [-0.2, -0.15) is 0 Å². The van der Waals surface area contributed by atoms with Gasteiger partial charge in [0, 0.05) is 18.3 Å². The van der Waals surface area contributed by atoms with E-state index in [1.165, 1.54) is 0 Å². The first-order chi connectivity index (χ1) is 6.86. The molecular weight excluding hydrogens is 174 g/mol. The number of benzene rings is 1. The number of pyridine rings is 1. The van der Waals surface area contributed by atoms with Gasteiger partial charge in [0.05, 0.1) is 0 Å². The standard InChI is InChI=1S/C12H10NO/c14-12-7-2-1-5-10(12)9-11-6-3-4-8-13-11/h1,3-8,14H,9H2. The van der Waals surface area contributed by atoms with Crippen molar-refractivity contribution in [1.82, 2.24) is 4.98 Å². The Labute approximate surface area is 82.9 Å². The smallest absolute Gasteiger partial charge is 0.119 e. The Kier molecular flexibility index (Phi) is 2.45. The van der Waals surface area contributed by atoms with E-state index in [0.29, 0.717) is 6.42 Å². The molecule has 0 atom stereocenters. The number of hydrogen-bond donors (Lipinski definition) is 1. The third-order valence-corrected chi connectivity index (χ3v) is 2.03. The lowest BCUT2D eigenvalue weighted by molar-refractivity contribution is 0.469. The molecule has 14 heavy (non-hydrogen) atoms. The third kappa shape index (κ3) is 1.91. The molecule has 0 aliphatic carbocycles. The van der Waals surface area contributed by atoms with Gasteiger partial charge >= 0.3 is 0 Å². The van der Waals surface area contributed by atoms with E-state index in [1.807, 2.05) is 24.3 Å². The van der Waals surface area contributed by atoms with Gasteiger partial charge in [0.2, 0.25) is 0 Å². The number of nitrogens with zero attached hydrogens (tertiary/aromatic N) is 1. The largest absolute Gasteiger partial charge is 0.508 e. The molecule has 2 rings (SSSR count). The summed E-state index contributed by atoms with van der Waals surface area (Å²) in [5.74, 6) is 0.276. The predicted octanol–water partition coefficient (Wildman–Crippen LogP) is 2.18. The Hall–Kier alpha value is -1.83. The van der Waals surface area contributed by atoms with Gasteiger partial charge in [-0.15, -0.1) is 0 Å². The first kappa shape index (κ1) is 8.75. The van der Waals surface area contributed by atoms with Crippen LogP contribution in [0.25, 0.3) is 0 Å². The van der Waals surface area contributed by atoms with Crippen LogP contribution in [0.3, 0.4) is 0 Å². The van der Waals surface area contributed by atoms with Crippen molar-refractivity contribution in [2.75, 3.05) is 0 Å². The second-order valence-corrected chi connectivity index (χ2v) is 3.05. The van der Waals surface area contributed by atoms with E-state index in [2.05, 4.69) is 11.1 Å². The molecule has 1 N–H and O–H groups in total. The Morgan fingerprint density at radius 2 is 2.21 bits per heavy atom. The summed E-state index contributed by atoms with van der Waals surface area (Å²) in [6.07, 6.45) is 2.41. The molecule has 0 unspecified atom stereocenters. The van der Waals surface area contributed by atoms with E-state index >= 15 is 0 Å². The molecule has 2 nitrogen and oxygen atoms in total. The number of rotatable bonds is 2. The Balaban J connectivity index is 2.24. The maximum absolute atomic E-state index is 9.51. The van der Waals surface area contributed by atoms with Gasteiger partial charge in [0.15, 0.2) is 0 Å². The number of phenols is 1.